The average molecular weight is 441 g/mol. The van der Waals surface area contributed by atoms with Crippen molar-refractivity contribution in [1.29, 1.82) is 0 Å². The number of aromatic nitrogens is 1. The van der Waals surface area contributed by atoms with Crippen LogP contribution >= 0.6 is 23.1 Å². The molecule has 2 aromatic carbocycles. The second kappa shape index (κ2) is 8.32. The van der Waals surface area contributed by atoms with Gasteiger partial charge >= 0.3 is 0 Å². The van der Waals surface area contributed by atoms with Crippen molar-refractivity contribution in [3.05, 3.63) is 58.5 Å². The summed E-state index contributed by atoms with van der Waals surface area (Å²) >= 11 is 3.06. The van der Waals surface area contributed by atoms with E-state index in [0.717, 1.165) is 33.7 Å². The number of thioether (sulfide) groups is 1. The number of nitrogens with zero attached hydrogens (tertiary/aromatic N) is 2. The molecule has 1 aliphatic rings. The average Bonchev–Trinajstić information content (AvgIpc) is 3.34. The van der Waals surface area contributed by atoms with Crippen molar-refractivity contribution in [3.63, 3.8) is 0 Å². The fourth-order valence-corrected chi connectivity index (χ4v) is 5.70. The summed E-state index contributed by atoms with van der Waals surface area (Å²) in [6.07, 6.45) is 0. The molecule has 2 heterocycles. The van der Waals surface area contributed by atoms with E-state index in [9.17, 15) is 9.90 Å². The van der Waals surface area contributed by atoms with Crippen LogP contribution in [0.25, 0.3) is 11.3 Å². The Kier molecular flexibility index (Phi) is 5.75. The maximum Gasteiger partial charge on any atom is 0.240 e. The van der Waals surface area contributed by atoms with Crippen LogP contribution in [0.3, 0.4) is 0 Å². The van der Waals surface area contributed by atoms with E-state index in [0.29, 0.717) is 16.6 Å². The van der Waals surface area contributed by atoms with Crippen LogP contribution in [0.4, 0.5) is 5.13 Å². The summed E-state index contributed by atoms with van der Waals surface area (Å²) in [5.74, 6) is 1.77. The van der Waals surface area contributed by atoms with Crippen LogP contribution in [0.5, 0.6) is 11.5 Å². The molecule has 0 spiro atoms. The number of aryl methyl sites for hydroxylation is 1. The molecule has 0 radical (unpaired) electrons. The maximum absolute atomic E-state index is 12.7. The smallest absolute Gasteiger partial charge is 0.240 e. The molecule has 0 saturated carbocycles. The summed E-state index contributed by atoms with van der Waals surface area (Å²) < 4.78 is 5.35. The molecule has 7 heteroatoms. The highest BCUT2D eigenvalue weighted by molar-refractivity contribution is 8.00. The molecule has 1 unspecified atom stereocenters. The van der Waals surface area contributed by atoms with Crippen molar-refractivity contribution in [2.75, 3.05) is 17.8 Å². The van der Waals surface area contributed by atoms with Crippen molar-refractivity contribution >= 4 is 34.1 Å². The molecule has 1 fully saturated rings. The SMILES string of the molecule is COc1cccc(C2SCC(=O)N2c2nc(-c3cc(C(C)C)c(O)cc3C)cs2)c1. The van der Waals surface area contributed by atoms with Gasteiger partial charge in [0.05, 0.1) is 18.6 Å². The molecule has 1 saturated heterocycles. The molecule has 1 N–H and O–H groups in total. The van der Waals surface area contributed by atoms with E-state index in [1.165, 1.54) is 11.3 Å². The zero-order chi connectivity index (χ0) is 21.4. The predicted molar refractivity (Wildman–Crippen MR) is 124 cm³/mol. The second-order valence-electron chi connectivity index (χ2n) is 7.60. The molecule has 4 rings (SSSR count). The van der Waals surface area contributed by atoms with E-state index in [-0.39, 0.29) is 17.2 Å². The predicted octanol–water partition coefficient (Wildman–Crippen LogP) is 5.73. The highest BCUT2D eigenvalue weighted by Gasteiger charge is 2.36. The number of ether oxygens (including phenoxy) is 1. The highest BCUT2D eigenvalue weighted by atomic mass is 32.2. The first-order valence-electron chi connectivity index (χ1n) is 9.76. The maximum atomic E-state index is 12.7. The monoisotopic (exact) mass is 440 g/mol. The number of benzene rings is 2. The van der Waals surface area contributed by atoms with Crippen LogP contribution in [-0.2, 0) is 4.79 Å². The van der Waals surface area contributed by atoms with E-state index in [2.05, 4.69) is 13.8 Å². The lowest BCUT2D eigenvalue weighted by Gasteiger charge is -2.22. The molecular weight excluding hydrogens is 416 g/mol. The number of amides is 1. The fraction of sp³-hybridized carbons (Fsp3) is 0.304. The lowest BCUT2D eigenvalue weighted by Crippen LogP contribution is -2.27. The largest absolute Gasteiger partial charge is 0.508 e. The van der Waals surface area contributed by atoms with Crippen LogP contribution in [0, 0.1) is 6.92 Å². The molecule has 3 aromatic rings. The van der Waals surface area contributed by atoms with Gasteiger partial charge in [0.2, 0.25) is 5.91 Å². The molecule has 1 atom stereocenters. The molecule has 0 aliphatic carbocycles. The molecule has 5 nitrogen and oxygen atoms in total. The van der Waals surface area contributed by atoms with Crippen molar-refractivity contribution in [1.82, 2.24) is 4.98 Å². The van der Waals surface area contributed by atoms with Gasteiger partial charge in [-0.15, -0.1) is 23.1 Å². The minimum atomic E-state index is -0.126. The van der Waals surface area contributed by atoms with Crippen LogP contribution in [0.15, 0.2) is 41.8 Å². The van der Waals surface area contributed by atoms with Gasteiger partial charge in [-0.05, 0) is 53.8 Å². The third-order valence-corrected chi connectivity index (χ3v) is 7.27. The first-order chi connectivity index (χ1) is 14.4. The number of methoxy groups -OCH3 is 1. The Hall–Kier alpha value is -2.51. The quantitative estimate of drug-likeness (QED) is 0.549. The van der Waals surface area contributed by atoms with E-state index in [1.54, 1.807) is 29.8 Å². The first kappa shape index (κ1) is 20.8. The Labute approximate surface area is 184 Å². The standard InChI is InChI=1S/C23H24N2O3S2/c1-13(2)17-10-18(14(3)8-20(17)26)19-11-30-23(24-19)25-21(27)12-29-22(25)15-6-5-7-16(9-15)28-4/h5-11,13,22,26H,12H2,1-4H3. The number of rotatable bonds is 5. The van der Waals surface area contributed by atoms with Crippen molar-refractivity contribution in [3.8, 4) is 22.8 Å². The summed E-state index contributed by atoms with van der Waals surface area (Å²) in [5.41, 5.74) is 4.68. The van der Waals surface area contributed by atoms with E-state index in [4.69, 9.17) is 9.72 Å². The number of phenolic OH excluding ortho intramolecular Hbond substituents is 1. The number of phenols is 1. The third-order valence-electron chi connectivity index (χ3n) is 5.22. The molecule has 1 amide bonds. The lowest BCUT2D eigenvalue weighted by atomic mass is 9.95. The number of carbonyl (C=O) groups is 1. The van der Waals surface area contributed by atoms with Gasteiger partial charge in [0.1, 0.15) is 16.9 Å². The number of hydrogen-bond donors (Lipinski definition) is 1. The van der Waals surface area contributed by atoms with Gasteiger partial charge in [-0.3, -0.25) is 9.69 Å². The topological polar surface area (TPSA) is 62.7 Å². The number of aromatic hydroxyl groups is 1. The molecule has 30 heavy (non-hydrogen) atoms. The van der Waals surface area contributed by atoms with E-state index >= 15 is 0 Å². The Bertz CT molecular complexity index is 1090. The first-order valence-corrected chi connectivity index (χ1v) is 11.7. The Morgan fingerprint density at radius 3 is 2.80 bits per heavy atom. The van der Waals surface area contributed by atoms with E-state index in [1.807, 2.05) is 42.6 Å². The van der Waals surface area contributed by atoms with Gasteiger partial charge < -0.3 is 9.84 Å². The van der Waals surface area contributed by atoms with Gasteiger partial charge in [-0.1, -0.05) is 26.0 Å². The number of carbonyl (C=O) groups excluding carboxylic acids is 1. The van der Waals surface area contributed by atoms with Gasteiger partial charge in [-0.2, -0.15) is 0 Å². The zero-order valence-electron chi connectivity index (χ0n) is 17.4. The second-order valence-corrected chi connectivity index (χ2v) is 9.50. The number of anilines is 1. The number of hydrogen-bond acceptors (Lipinski definition) is 6. The van der Waals surface area contributed by atoms with Crippen LogP contribution in [0.1, 0.15) is 41.8 Å². The van der Waals surface area contributed by atoms with Gasteiger partial charge in [0.25, 0.3) is 0 Å². The Morgan fingerprint density at radius 2 is 2.07 bits per heavy atom. The highest BCUT2D eigenvalue weighted by Crippen LogP contribution is 2.44. The number of thiazole rings is 1. The Balaban J connectivity index is 1.71. The summed E-state index contributed by atoms with van der Waals surface area (Å²) in [7, 11) is 1.64. The summed E-state index contributed by atoms with van der Waals surface area (Å²) in [6.45, 7) is 6.08. The minimum absolute atomic E-state index is 0.0546. The van der Waals surface area contributed by atoms with Crippen LogP contribution in [0.2, 0.25) is 0 Å². The molecule has 1 aromatic heterocycles. The summed E-state index contributed by atoms with van der Waals surface area (Å²) in [4.78, 5) is 19.3. The van der Waals surface area contributed by atoms with Gasteiger partial charge in [0.15, 0.2) is 5.13 Å². The van der Waals surface area contributed by atoms with E-state index < -0.39 is 0 Å². The zero-order valence-corrected chi connectivity index (χ0v) is 19.0. The third kappa shape index (κ3) is 3.79. The molecule has 1 aliphatic heterocycles. The lowest BCUT2D eigenvalue weighted by molar-refractivity contribution is -0.115. The van der Waals surface area contributed by atoms with Crippen LogP contribution in [-0.4, -0.2) is 28.9 Å². The fourth-order valence-electron chi connectivity index (χ4n) is 3.62. The van der Waals surface area contributed by atoms with Crippen molar-refractivity contribution in [2.45, 2.75) is 32.1 Å². The summed E-state index contributed by atoms with van der Waals surface area (Å²) in [6, 6.07) is 11.6. The normalized spacial score (nSPS) is 16.5. The molecule has 156 valence electrons. The van der Waals surface area contributed by atoms with Gasteiger partial charge in [0, 0.05) is 10.9 Å². The molecular formula is C23H24N2O3S2. The van der Waals surface area contributed by atoms with Gasteiger partial charge in [-0.25, -0.2) is 4.98 Å². The van der Waals surface area contributed by atoms with Crippen LogP contribution < -0.4 is 9.64 Å². The van der Waals surface area contributed by atoms with Crippen molar-refractivity contribution in [2.24, 2.45) is 0 Å². The Morgan fingerprint density at radius 1 is 1.27 bits per heavy atom. The minimum Gasteiger partial charge on any atom is -0.508 e. The summed E-state index contributed by atoms with van der Waals surface area (Å²) in [5, 5.41) is 12.8. The van der Waals surface area contributed by atoms with Crippen molar-refractivity contribution < 1.29 is 14.6 Å². The molecule has 0 bridgehead atoms.